The highest BCUT2D eigenvalue weighted by molar-refractivity contribution is 7.95. The molecule has 0 atom stereocenters. The molecule has 0 saturated carbocycles. The molecule has 4 aromatic rings. The minimum absolute atomic E-state index is 0.0609. The molecule has 0 amide bonds. The van der Waals surface area contributed by atoms with Crippen molar-refractivity contribution in [2.45, 2.75) is 27.5 Å². The van der Waals surface area contributed by atoms with Crippen molar-refractivity contribution in [3.8, 4) is 5.75 Å². The average molecular weight is 705 g/mol. The lowest BCUT2D eigenvalue weighted by molar-refractivity contribution is -0.432. The van der Waals surface area contributed by atoms with E-state index in [4.69, 9.17) is 19.8 Å². The van der Waals surface area contributed by atoms with Crippen molar-refractivity contribution in [3.63, 3.8) is 0 Å². The Hall–Kier alpha value is -3.32. The van der Waals surface area contributed by atoms with Gasteiger partial charge in [-0.15, -0.1) is 8.67 Å². The smallest absolute Gasteiger partial charge is 0.295 e. The first kappa shape index (κ1) is 34.6. The lowest BCUT2D eigenvalue weighted by Crippen LogP contribution is -2.06. The van der Waals surface area contributed by atoms with Crippen LogP contribution >= 0.6 is 24.1 Å². The molecule has 0 spiro atoms. The van der Waals surface area contributed by atoms with Crippen molar-refractivity contribution in [1.82, 2.24) is 9.97 Å². The fraction of sp³-hybridized carbons (Fsp3) is 0.167. The number of unbranched alkanes of at least 4 members (excludes halogenated alkanes) is 1. The van der Waals surface area contributed by atoms with Crippen molar-refractivity contribution in [2.75, 3.05) is 23.0 Å². The van der Waals surface area contributed by atoms with Crippen LogP contribution in [0.5, 0.6) is 5.75 Å². The lowest BCUT2D eigenvalue weighted by atomic mass is 10.1. The molecular formula is C24H24N4O13S4. The van der Waals surface area contributed by atoms with Crippen LogP contribution in [-0.4, -0.2) is 58.8 Å². The number of anilines is 4. The number of fused-ring (bicyclic) bond motifs is 1. The molecule has 1 aromatic heterocycles. The molecular weight excluding hydrogens is 681 g/mol. The number of nitrogens with zero attached hydrogens (tertiary/aromatic N) is 2. The molecule has 0 unspecified atom stereocenters. The minimum Gasteiger partial charge on any atom is -0.494 e. The van der Waals surface area contributed by atoms with Gasteiger partial charge in [-0.3, -0.25) is 9.11 Å². The Kier molecular flexibility index (Phi) is 12.1. The molecule has 0 aliphatic heterocycles. The molecule has 4 rings (SSSR count). The highest BCUT2D eigenvalue weighted by atomic mass is 32.2. The molecule has 0 fully saturated rings. The van der Waals surface area contributed by atoms with Gasteiger partial charge in [0.15, 0.2) is 0 Å². The Bertz CT molecular complexity index is 1810. The molecule has 17 nitrogen and oxygen atoms in total. The van der Waals surface area contributed by atoms with Gasteiger partial charge >= 0.3 is 0 Å². The van der Waals surface area contributed by atoms with Crippen LogP contribution in [0, 0.1) is 0 Å². The van der Waals surface area contributed by atoms with Crippen LogP contribution < -0.4 is 15.4 Å². The summed E-state index contributed by atoms with van der Waals surface area (Å²) < 4.78 is 79.4. The number of benzene rings is 3. The summed E-state index contributed by atoms with van der Waals surface area (Å²) in [7, 11) is -8.77. The molecule has 0 aliphatic carbocycles. The molecule has 45 heavy (non-hydrogen) atoms. The van der Waals surface area contributed by atoms with Crippen molar-refractivity contribution in [2.24, 2.45) is 0 Å². The third-order valence-corrected chi connectivity index (χ3v) is 8.46. The Morgan fingerprint density at radius 3 is 1.93 bits per heavy atom. The first-order valence-corrected chi connectivity index (χ1v) is 16.9. The topological polar surface area (TPSA) is 245 Å². The van der Waals surface area contributed by atoms with Crippen LogP contribution in [0.3, 0.4) is 0 Å². The standard InChI is InChI=1S/C24H24N4O13S4/c29-38-40-42-18-9-15-10-19(43-41-39-30)12-21(45(34,35)36)24(15)20(11-18)28-23-14-25-22(13-26-23)27-16-3-5-17(6-4-16)37-7-1-2-8-44(31,32)33/h3-6,9-14,29-30H,1-2,7-8H2,(H,25,27)(H,26,28)(H,31,32,33)(H,34,35,36). The normalized spacial score (nSPS) is 11.9. The zero-order valence-electron chi connectivity index (χ0n) is 22.6. The summed E-state index contributed by atoms with van der Waals surface area (Å²) in [6.45, 7) is 0.278. The van der Waals surface area contributed by atoms with Gasteiger partial charge in [-0.1, -0.05) is 10.1 Å². The summed E-state index contributed by atoms with van der Waals surface area (Å²) in [6.07, 6.45) is 3.51. The van der Waals surface area contributed by atoms with Crippen LogP contribution in [0.2, 0.25) is 0 Å². The number of hydrogen-bond acceptors (Lipinski definition) is 17. The maximum Gasteiger partial charge on any atom is 0.295 e. The van der Waals surface area contributed by atoms with Crippen LogP contribution in [0.1, 0.15) is 12.8 Å². The maximum atomic E-state index is 12.3. The second-order valence-electron chi connectivity index (χ2n) is 8.82. The van der Waals surface area contributed by atoms with E-state index in [1.54, 1.807) is 24.3 Å². The summed E-state index contributed by atoms with van der Waals surface area (Å²) >= 11 is 1.07. The molecule has 21 heteroatoms. The van der Waals surface area contributed by atoms with Crippen molar-refractivity contribution in [1.29, 1.82) is 0 Å². The number of rotatable bonds is 17. The van der Waals surface area contributed by atoms with E-state index >= 15 is 0 Å². The Labute approximate surface area is 264 Å². The van der Waals surface area contributed by atoms with Crippen molar-refractivity contribution < 1.29 is 59.9 Å². The Morgan fingerprint density at radius 1 is 0.778 bits per heavy atom. The average Bonchev–Trinajstić information content (AvgIpc) is 2.99. The third-order valence-electron chi connectivity index (χ3n) is 5.67. The number of aromatic nitrogens is 2. The van der Waals surface area contributed by atoms with E-state index in [1.165, 1.54) is 30.6 Å². The zero-order chi connectivity index (χ0) is 32.5. The molecule has 0 saturated heterocycles. The van der Waals surface area contributed by atoms with Crippen molar-refractivity contribution in [3.05, 3.63) is 60.9 Å². The Balaban J connectivity index is 1.50. The molecule has 6 N–H and O–H groups in total. The van der Waals surface area contributed by atoms with E-state index in [-0.39, 0.29) is 46.0 Å². The molecule has 0 aliphatic rings. The lowest BCUT2D eigenvalue weighted by Gasteiger charge is -2.15. The van der Waals surface area contributed by atoms with E-state index in [1.807, 2.05) is 0 Å². The summed E-state index contributed by atoms with van der Waals surface area (Å²) in [5.74, 6) is 0.798. The van der Waals surface area contributed by atoms with Gasteiger partial charge in [0.1, 0.15) is 22.3 Å². The highest BCUT2D eigenvalue weighted by Gasteiger charge is 2.21. The summed E-state index contributed by atoms with van der Waals surface area (Å²) in [5.41, 5.74) is 0.816. The zero-order valence-corrected chi connectivity index (χ0v) is 25.9. The second kappa shape index (κ2) is 15.8. The molecule has 1 heterocycles. The van der Waals surface area contributed by atoms with Crippen LogP contribution in [-0.2, 0) is 39.0 Å². The van der Waals surface area contributed by atoms with E-state index in [9.17, 15) is 21.4 Å². The van der Waals surface area contributed by atoms with Gasteiger partial charge in [-0.2, -0.15) is 16.8 Å². The summed E-state index contributed by atoms with van der Waals surface area (Å²) in [5, 5.41) is 30.6. The van der Waals surface area contributed by atoms with Gasteiger partial charge in [0.25, 0.3) is 20.2 Å². The van der Waals surface area contributed by atoms with Gasteiger partial charge in [0, 0.05) is 20.9 Å². The van der Waals surface area contributed by atoms with Gasteiger partial charge < -0.3 is 15.4 Å². The van der Waals surface area contributed by atoms with E-state index in [0.29, 0.717) is 52.7 Å². The predicted molar refractivity (Wildman–Crippen MR) is 161 cm³/mol. The summed E-state index contributed by atoms with van der Waals surface area (Å²) in [6, 6.07) is 12.4. The number of ether oxygens (including phenoxy) is 1. The highest BCUT2D eigenvalue weighted by Crippen LogP contribution is 2.39. The van der Waals surface area contributed by atoms with Crippen molar-refractivity contribution >= 4 is 78.1 Å². The van der Waals surface area contributed by atoms with E-state index in [0.717, 1.165) is 6.07 Å². The van der Waals surface area contributed by atoms with E-state index < -0.39 is 25.1 Å². The third kappa shape index (κ3) is 10.6. The second-order valence-corrected chi connectivity index (χ2v) is 13.3. The van der Waals surface area contributed by atoms with Gasteiger partial charge in [0.05, 0.1) is 54.5 Å². The summed E-state index contributed by atoms with van der Waals surface area (Å²) in [4.78, 5) is 8.59. The predicted octanol–water partition coefficient (Wildman–Crippen LogP) is 5.27. The van der Waals surface area contributed by atoms with Gasteiger partial charge in [-0.05, 0) is 66.8 Å². The maximum absolute atomic E-state index is 12.3. The minimum atomic E-state index is -4.78. The SMILES string of the molecule is O=S(=O)(O)CCCCOc1ccc(Nc2cnc(Nc3cc(SOOO)cc4cc(SOOO)cc(S(=O)(=O)O)c34)cn2)cc1. The quantitative estimate of drug-likeness (QED) is 0.0269. The fourth-order valence-electron chi connectivity index (χ4n) is 3.88. The van der Waals surface area contributed by atoms with Gasteiger partial charge in [0.2, 0.25) is 0 Å². The molecule has 0 bridgehead atoms. The van der Waals surface area contributed by atoms with E-state index in [2.05, 4.69) is 39.3 Å². The monoisotopic (exact) mass is 704 g/mol. The molecule has 0 radical (unpaired) electrons. The number of nitrogens with one attached hydrogen (secondary N) is 2. The van der Waals surface area contributed by atoms with Crippen LogP contribution in [0.25, 0.3) is 10.8 Å². The largest absolute Gasteiger partial charge is 0.494 e. The van der Waals surface area contributed by atoms with Crippen LogP contribution in [0.4, 0.5) is 23.0 Å². The number of hydrogen-bond donors (Lipinski definition) is 6. The molecule has 3 aromatic carbocycles. The first-order valence-electron chi connectivity index (χ1n) is 12.4. The molecule has 242 valence electrons. The van der Waals surface area contributed by atoms with Gasteiger partial charge in [-0.25, -0.2) is 20.5 Å². The Morgan fingerprint density at radius 2 is 1.38 bits per heavy atom. The van der Waals surface area contributed by atoms with Crippen LogP contribution in [0.15, 0.2) is 75.6 Å². The first-order chi connectivity index (χ1) is 21.4. The fourth-order valence-corrected chi connectivity index (χ4v) is 6.19.